The highest BCUT2D eigenvalue weighted by molar-refractivity contribution is 7.22. The lowest BCUT2D eigenvalue weighted by Gasteiger charge is -2.31. The normalized spacial score (nSPS) is 17.5. The molecule has 1 aromatic heterocycles. The number of para-hydroxylation sites is 1. The molecule has 2 heterocycles. The van der Waals surface area contributed by atoms with Crippen LogP contribution in [0.15, 0.2) is 42.5 Å². The Hall–Kier alpha value is -2.11. The molecule has 6 heteroatoms. The fourth-order valence-corrected chi connectivity index (χ4v) is 4.50. The van der Waals surface area contributed by atoms with E-state index in [9.17, 15) is 4.79 Å². The third-order valence-corrected chi connectivity index (χ3v) is 6.14. The number of fused-ring (bicyclic) bond motifs is 1. The third-order valence-electron chi connectivity index (χ3n) is 4.80. The van der Waals surface area contributed by atoms with Crippen molar-refractivity contribution < 1.29 is 4.79 Å². The van der Waals surface area contributed by atoms with E-state index in [1.54, 1.807) is 11.3 Å². The summed E-state index contributed by atoms with van der Waals surface area (Å²) >= 11 is 7.75. The molecule has 26 heavy (non-hydrogen) atoms. The van der Waals surface area contributed by atoms with Crippen LogP contribution >= 0.6 is 22.9 Å². The van der Waals surface area contributed by atoms with E-state index in [1.807, 2.05) is 43.3 Å². The largest absolute Gasteiger partial charge is 0.347 e. The lowest BCUT2D eigenvalue weighted by molar-refractivity contribution is -0.120. The van der Waals surface area contributed by atoms with Crippen molar-refractivity contribution in [2.45, 2.75) is 19.8 Å². The van der Waals surface area contributed by atoms with Gasteiger partial charge in [0, 0.05) is 23.8 Å². The highest BCUT2D eigenvalue weighted by Gasteiger charge is 2.27. The molecule has 2 aromatic carbocycles. The van der Waals surface area contributed by atoms with Crippen LogP contribution in [0.2, 0.25) is 5.02 Å². The van der Waals surface area contributed by atoms with Gasteiger partial charge in [-0.15, -0.1) is 0 Å². The molecule has 4 rings (SSSR count). The smallest absolute Gasteiger partial charge is 0.229 e. The molecular weight excluding hydrogens is 366 g/mol. The molecule has 1 saturated heterocycles. The second kappa shape index (κ2) is 7.25. The maximum atomic E-state index is 12.8. The number of carbonyl (C=O) groups is 1. The Morgan fingerprint density at radius 1 is 1.31 bits per heavy atom. The zero-order valence-corrected chi connectivity index (χ0v) is 16.1. The van der Waals surface area contributed by atoms with Gasteiger partial charge in [0.25, 0.3) is 0 Å². The number of aromatic nitrogens is 1. The SMILES string of the molecule is Cc1ccc(Cl)cc1NC(=O)C1CCCN(c2nc3ccccc3s2)C1. The molecule has 0 aliphatic carbocycles. The van der Waals surface area contributed by atoms with Crippen LogP contribution in [0.25, 0.3) is 10.2 Å². The van der Waals surface area contributed by atoms with E-state index in [0.717, 1.165) is 41.3 Å². The minimum atomic E-state index is -0.0471. The van der Waals surface area contributed by atoms with E-state index in [4.69, 9.17) is 16.6 Å². The van der Waals surface area contributed by atoms with Crippen molar-refractivity contribution in [3.63, 3.8) is 0 Å². The number of amides is 1. The van der Waals surface area contributed by atoms with Crippen molar-refractivity contribution in [1.82, 2.24) is 4.98 Å². The number of aryl methyl sites for hydroxylation is 1. The Labute approximate surface area is 161 Å². The Balaban J connectivity index is 1.49. The van der Waals surface area contributed by atoms with E-state index < -0.39 is 0 Å². The van der Waals surface area contributed by atoms with Crippen LogP contribution in [0.1, 0.15) is 18.4 Å². The zero-order valence-electron chi connectivity index (χ0n) is 14.5. The monoisotopic (exact) mass is 385 g/mol. The summed E-state index contributed by atoms with van der Waals surface area (Å²) in [5, 5.41) is 4.68. The topological polar surface area (TPSA) is 45.2 Å². The molecular formula is C20H20ClN3OS. The summed E-state index contributed by atoms with van der Waals surface area (Å²) in [6.07, 6.45) is 1.88. The van der Waals surface area contributed by atoms with Gasteiger partial charge in [0.15, 0.2) is 5.13 Å². The Morgan fingerprint density at radius 2 is 2.15 bits per heavy atom. The molecule has 0 spiro atoms. The number of benzene rings is 2. The first-order chi connectivity index (χ1) is 12.6. The fourth-order valence-electron chi connectivity index (χ4n) is 3.32. The van der Waals surface area contributed by atoms with Gasteiger partial charge in [-0.3, -0.25) is 4.79 Å². The predicted molar refractivity (Wildman–Crippen MR) is 109 cm³/mol. The highest BCUT2D eigenvalue weighted by Crippen LogP contribution is 2.32. The van der Waals surface area contributed by atoms with E-state index >= 15 is 0 Å². The van der Waals surface area contributed by atoms with Gasteiger partial charge in [0.2, 0.25) is 5.91 Å². The number of nitrogens with one attached hydrogen (secondary N) is 1. The highest BCUT2D eigenvalue weighted by atomic mass is 35.5. The van der Waals surface area contributed by atoms with Crippen molar-refractivity contribution in [2.75, 3.05) is 23.3 Å². The molecule has 1 aliphatic heterocycles. The standard InChI is InChI=1S/C20H20ClN3OS/c1-13-8-9-15(21)11-17(13)22-19(25)14-5-4-10-24(12-14)20-23-16-6-2-3-7-18(16)26-20/h2-3,6-9,11,14H,4-5,10,12H2,1H3,(H,22,25). The summed E-state index contributed by atoms with van der Waals surface area (Å²) in [7, 11) is 0. The number of anilines is 2. The van der Waals surface area contributed by atoms with Crippen LogP contribution in [0, 0.1) is 12.8 Å². The molecule has 0 saturated carbocycles. The first kappa shape index (κ1) is 17.3. The van der Waals surface area contributed by atoms with Crippen LogP contribution in [-0.4, -0.2) is 24.0 Å². The van der Waals surface area contributed by atoms with Crippen LogP contribution in [-0.2, 0) is 4.79 Å². The summed E-state index contributed by atoms with van der Waals surface area (Å²) in [6.45, 7) is 3.62. The minimum absolute atomic E-state index is 0.0471. The number of rotatable bonds is 3. The third kappa shape index (κ3) is 3.55. The number of nitrogens with zero attached hydrogens (tertiary/aromatic N) is 2. The zero-order chi connectivity index (χ0) is 18.1. The molecule has 1 unspecified atom stereocenters. The van der Waals surface area contributed by atoms with Crippen molar-refractivity contribution >= 4 is 49.9 Å². The summed E-state index contributed by atoms with van der Waals surface area (Å²) in [4.78, 5) is 19.8. The lowest BCUT2D eigenvalue weighted by atomic mass is 9.97. The summed E-state index contributed by atoms with van der Waals surface area (Å²) < 4.78 is 1.18. The van der Waals surface area contributed by atoms with Gasteiger partial charge in [0.05, 0.1) is 16.1 Å². The van der Waals surface area contributed by atoms with Crippen LogP contribution in [0.4, 0.5) is 10.8 Å². The maximum Gasteiger partial charge on any atom is 0.229 e. The van der Waals surface area contributed by atoms with Crippen molar-refractivity contribution in [1.29, 1.82) is 0 Å². The molecule has 3 aromatic rings. The molecule has 134 valence electrons. The number of piperidine rings is 1. The van der Waals surface area contributed by atoms with Gasteiger partial charge >= 0.3 is 0 Å². The Morgan fingerprint density at radius 3 is 3.00 bits per heavy atom. The van der Waals surface area contributed by atoms with Gasteiger partial charge in [-0.25, -0.2) is 4.98 Å². The summed E-state index contributed by atoms with van der Waals surface area (Å²) in [5.74, 6) is 0.00956. The average molecular weight is 386 g/mol. The molecule has 0 bridgehead atoms. The Bertz CT molecular complexity index is 922. The van der Waals surface area contributed by atoms with Gasteiger partial charge in [-0.2, -0.15) is 0 Å². The maximum absolute atomic E-state index is 12.8. The van der Waals surface area contributed by atoms with Crippen molar-refractivity contribution in [3.05, 3.63) is 53.1 Å². The van der Waals surface area contributed by atoms with E-state index in [0.29, 0.717) is 11.6 Å². The molecule has 4 nitrogen and oxygen atoms in total. The van der Waals surface area contributed by atoms with Crippen LogP contribution in [0.5, 0.6) is 0 Å². The number of halogens is 1. The lowest BCUT2D eigenvalue weighted by Crippen LogP contribution is -2.40. The van der Waals surface area contributed by atoms with Crippen LogP contribution in [0.3, 0.4) is 0 Å². The van der Waals surface area contributed by atoms with Gasteiger partial charge in [-0.05, 0) is 49.6 Å². The molecule has 0 radical (unpaired) electrons. The van der Waals surface area contributed by atoms with Gasteiger partial charge in [0.1, 0.15) is 0 Å². The second-order valence-corrected chi connectivity index (χ2v) is 8.14. The van der Waals surface area contributed by atoms with Crippen molar-refractivity contribution in [2.24, 2.45) is 5.92 Å². The quantitative estimate of drug-likeness (QED) is 0.681. The van der Waals surface area contributed by atoms with Crippen molar-refractivity contribution in [3.8, 4) is 0 Å². The Kier molecular flexibility index (Phi) is 4.83. The van der Waals surface area contributed by atoms with E-state index in [1.165, 1.54) is 4.70 Å². The molecule has 1 amide bonds. The summed E-state index contributed by atoms with van der Waals surface area (Å²) in [6, 6.07) is 13.7. The summed E-state index contributed by atoms with van der Waals surface area (Å²) in [5.41, 5.74) is 2.83. The molecule has 1 N–H and O–H groups in total. The molecule has 1 atom stereocenters. The minimum Gasteiger partial charge on any atom is -0.347 e. The van der Waals surface area contributed by atoms with Gasteiger partial charge in [-0.1, -0.05) is 41.1 Å². The first-order valence-electron chi connectivity index (χ1n) is 8.78. The van der Waals surface area contributed by atoms with Gasteiger partial charge < -0.3 is 10.2 Å². The van der Waals surface area contributed by atoms with E-state index in [-0.39, 0.29) is 11.8 Å². The predicted octanol–water partition coefficient (Wildman–Crippen LogP) is 5.11. The molecule has 1 fully saturated rings. The fraction of sp³-hybridized carbons (Fsp3) is 0.300. The van der Waals surface area contributed by atoms with Crippen LogP contribution < -0.4 is 10.2 Å². The number of hydrogen-bond donors (Lipinski definition) is 1. The number of carbonyl (C=O) groups excluding carboxylic acids is 1. The number of thiazole rings is 1. The molecule has 1 aliphatic rings. The average Bonchev–Trinajstić information content (AvgIpc) is 3.09. The number of hydrogen-bond acceptors (Lipinski definition) is 4. The second-order valence-electron chi connectivity index (χ2n) is 6.70. The first-order valence-corrected chi connectivity index (χ1v) is 9.97. The van der Waals surface area contributed by atoms with E-state index in [2.05, 4.69) is 16.3 Å².